The van der Waals surface area contributed by atoms with Gasteiger partial charge in [-0.2, -0.15) is 0 Å². The van der Waals surface area contributed by atoms with E-state index in [1.807, 2.05) is 19.1 Å². The van der Waals surface area contributed by atoms with E-state index in [0.717, 1.165) is 43.3 Å². The number of methoxy groups -OCH3 is 1. The summed E-state index contributed by atoms with van der Waals surface area (Å²) in [4.78, 5) is 7.08. The van der Waals surface area contributed by atoms with Crippen LogP contribution in [-0.4, -0.2) is 42.2 Å². The summed E-state index contributed by atoms with van der Waals surface area (Å²) in [6.07, 6.45) is 0. The summed E-state index contributed by atoms with van der Waals surface area (Å²) in [6, 6.07) is 4.00. The van der Waals surface area contributed by atoms with Crippen molar-refractivity contribution in [2.75, 3.05) is 26.7 Å². The molecule has 0 radical (unpaired) electrons. The predicted molar refractivity (Wildman–Crippen MR) is 72.9 cm³/mol. The van der Waals surface area contributed by atoms with Gasteiger partial charge in [-0.25, -0.2) is 0 Å². The van der Waals surface area contributed by atoms with Crippen molar-refractivity contribution >= 4 is 0 Å². The lowest BCUT2D eigenvalue weighted by molar-refractivity contribution is 0.0813. The van der Waals surface area contributed by atoms with Crippen LogP contribution in [0.25, 0.3) is 0 Å². The Balaban J connectivity index is 2.15. The quantitative estimate of drug-likeness (QED) is 0.882. The average molecular weight is 249 g/mol. The maximum absolute atomic E-state index is 5.31. The maximum atomic E-state index is 5.31. The minimum absolute atomic E-state index is 0.177. The number of aryl methyl sites for hydroxylation is 1. The number of nitrogens with zero attached hydrogens (tertiary/aromatic N) is 2. The molecular weight excluding hydrogens is 226 g/mol. The Hall–Kier alpha value is -1.13. The molecule has 4 heteroatoms. The van der Waals surface area contributed by atoms with Gasteiger partial charge in [-0.1, -0.05) is 0 Å². The van der Waals surface area contributed by atoms with Gasteiger partial charge in [0.1, 0.15) is 5.75 Å². The molecule has 0 aromatic carbocycles. The Kier molecular flexibility index (Phi) is 3.88. The highest BCUT2D eigenvalue weighted by Gasteiger charge is 2.29. The topological polar surface area (TPSA) is 37.4 Å². The second-order valence-electron chi connectivity index (χ2n) is 5.55. The van der Waals surface area contributed by atoms with E-state index in [4.69, 9.17) is 4.74 Å². The second kappa shape index (κ2) is 5.24. The minimum atomic E-state index is 0.177. The molecule has 1 N–H and O–H groups in total. The Morgan fingerprint density at radius 1 is 1.44 bits per heavy atom. The third-order valence-corrected chi connectivity index (χ3v) is 3.54. The molecule has 1 aliphatic rings. The third-order valence-electron chi connectivity index (χ3n) is 3.54. The van der Waals surface area contributed by atoms with Crippen LogP contribution in [0.4, 0.5) is 0 Å². The van der Waals surface area contributed by atoms with Crippen LogP contribution in [0.5, 0.6) is 5.75 Å². The van der Waals surface area contributed by atoms with Gasteiger partial charge in [0.05, 0.1) is 12.8 Å². The molecular formula is C14H23N3O. The van der Waals surface area contributed by atoms with Gasteiger partial charge >= 0.3 is 0 Å². The molecule has 1 fully saturated rings. The number of rotatable bonds is 3. The normalized spacial score (nSPS) is 19.8. The van der Waals surface area contributed by atoms with Crippen molar-refractivity contribution < 1.29 is 4.74 Å². The van der Waals surface area contributed by atoms with E-state index in [9.17, 15) is 0 Å². The van der Waals surface area contributed by atoms with E-state index in [2.05, 4.69) is 29.0 Å². The summed E-state index contributed by atoms with van der Waals surface area (Å²) < 4.78 is 5.31. The van der Waals surface area contributed by atoms with Crippen LogP contribution >= 0.6 is 0 Å². The molecule has 1 aliphatic heterocycles. The monoisotopic (exact) mass is 249 g/mol. The van der Waals surface area contributed by atoms with Gasteiger partial charge in [0.2, 0.25) is 0 Å². The molecule has 0 unspecified atom stereocenters. The Morgan fingerprint density at radius 3 is 2.89 bits per heavy atom. The van der Waals surface area contributed by atoms with Crippen molar-refractivity contribution in [3.8, 4) is 5.75 Å². The molecule has 0 aliphatic carbocycles. The summed E-state index contributed by atoms with van der Waals surface area (Å²) >= 11 is 0. The third kappa shape index (κ3) is 3.00. The van der Waals surface area contributed by atoms with E-state index in [1.54, 1.807) is 7.11 Å². The average Bonchev–Trinajstić information content (AvgIpc) is 2.31. The maximum Gasteiger partial charge on any atom is 0.122 e. The van der Waals surface area contributed by atoms with Crippen molar-refractivity contribution in [3.05, 3.63) is 23.5 Å². The summed E-state index contributed by atoms with van der Waals surface area (Å²) in [5.41, 5.74) is 2.27. The second-order valence-corrected chi connectivity index (χ2v) is 5.55. The number of hydrogen-bond acceptors (Lipinski definition) is 4. The van der Waals surface area contributed by atoms with Crippen LogP contribution in [-0.2, 0) is 6.54 Å². The van der Waals surface area contributed by atoms with Gasteiger partial charge in [-0.15, -0.1) is 0 Å². The molecule has 100 valence electrons. The molecule has 2 rings (SSSR count). The summed E-state index contributed by atoms with van der Waals surface area (Å²) in [5.74, 6) is 0.894. The summed E-state index contributed by atoms with van der Waals surface area (Å²) in [7, 11) is 1.70. The molecule has 1 aromatic heterocycles. The molecule has 0 spiro atoms. The molecule has 4 nitrogen and oxygen atoms in total. The molecule has 0 atom stereocenters. The fourth-order valence-electron chi connectivity index (χ4n) is 2.41. The lowest BCUT2D eigenvalue weighted by Gasteiger charge is -2.42. The fourth-order valence-corrected chi connectivity index (χ4v) is 2.41. The zero-order valence-corrected chi connectivity index (χ0v) is 11.8. The molecule has 2 heterocycles. The first-order chi connectivity index (χ1) is 8.51. The first kappa shape index (κ1) is 13.3. The number of piperazine rings is 1. The lowest BCUT2D eigenvalue weighted by atomic mass is 10.00. The van der Waals surface area contributed by atoms with Gasteiger partial charge in [0, 0.05) is 49.5 Å². The predicted octanol–water partition coefficient (Wildman–Crippen LogP) is 1.58. The van der Waals surface area contributed by atoms with E-state index in [-0.39, 0.29) is 5.54 Å². The van der Waals surface area contributed by atoms with Crippen molar-refractivity contribution in [1.82, 2.24) is 15.2 Å². The number of hydrogen-bond donors (Lipinski definition) is 1. The highest BCUT2D eigenvalue weighted by atomic mass is 16.5. The zero-order chi connectivity index (χ0) is 13.2. The highest BCUT2D eigenvalue weighted by Crippen LogP contribution is 2.21. The molecule has 1 saturated heterocycles. The standard InChI is InChI=1S/C14H23N3O/c1-11-7-13(18-4)8-12(16-11)9-17-6-5-15-10-14(17,2)3/h7-8,15H,5-6,9-10H2,1-4H3. The van der Waals surface area contributed by atoms with E-state index < -0.39 is 0 Å². The smallest absolute Gasteiger partial charge is 0.122 e. The first-order valence-electron chi connectivity index (χ1n) is 6.48. The number of ether oxygens (including phenoxy) is 1. The van der Waals surface area contributed by atoms with E-state index >= 15 is 0 Å². The first-order valence-corrected chi connectivity index (χ1v) is 6.48. The summed E-state index contributed by atoms with van der Waals surface area (Å²) in [5, 5.41) is 3.44. The van der Waals surface area contributed by atoms with Crippen LogP contribution in [0.3, 0.4) is 0 Å². The van der Waals surface area contributed by atoms with Gasteiger partial charge in [-0.3, -0.25) is 9.88 Å². The molecule has 0 amide bonds. The van der Waals surface area contributed by atoms with Gasteiger partial charge in [0.25, 0.3) is 0 Å². The molecule has 18 heavy (non-hydrogen) atoms. The minimum Gasteiger partial charge on any atom is -0.497 e. The van der Waals surface area contributed by atoms with Crippen LogP contribution < -0.4 is 10.1 Å². The SMILES string of the molecule is COc1cc(C)nc(CN2CCNCC2(C)C)c1. The largest absolute Gasteiger partial charge is 0.497 e. The van der Waals surface area contributed by atoms with Crippen molar-refractivity contribution in [3.63, 3.8) is 0 Å². The Bertz CT molecular complexity index is 418. The van der Waals surface area contributed by atoms with E-state index in [0.29, 0.717) is 0 Å². The van der Waals surface area contributed by atoms with Gasteiger partial charge in [0.15, 0.2) is 0 Å². The van der Waals surface area contributed by atoms with Crippen LogP contribution in [0.1, 0.15) is 25.2 Å². The number of aromatic nitrogens is 1. The zero-order valence-electron chi connectivity index (χ0n) is 11.8. The number of pyridine rings is 1. The molecule has 1 aromatic rings. The molecule has 0 saturated carbocycles. The Labute approximate surface area is 109 Å². The lowest BCUT2D eigenvalue weighted by Crippen LogP contribution is -2.57. The molecule has 0 bridgehead atoms. The fraction of sp³-hybridized carbons (Fsp3) is 0.643. The van der Waals surface area contributed by atoms with Gasteiger partial charge < -0.3 is 10.1 Å². The Morgan fingerprint density at radius 2 is 2.22 bits per heavy atom. The van der Waals surface area contributed by atoms with E-state index in [1.165, 1.54) is 0 Å². The van der Waals surface area contributed by atoms with Crippen LogP contribution in [0.2, 0.25) is 0 Å². The van der Waals surface area contributed by atoms with Crippen LogP contribution in [0, 0.1) is 6.92 Å². The number of nitrogens with one attached hydrogen (secondary N) is 1. The van der Waals surface area contributed by atoms with Crippen molar-refractivity contribution in [2.24, 2.45) is 0 Å². The van der Waals surface area contributed by atoms with Crippen molar-refractivity contribution in [2.45, 2.75) is 32.9 Å². The summed E-state index contributed by atoms with van der Waals surface area (Å²) in [6.45, 7) is 10.6. The van der Waals surface area contributed by atoms with Crippen molar-refractivity contribution in [1.29, 1.82) is 0 Å². The highest BCUT2D eigenvalue weighted by molar-refractivity contribution is 5.26. The van der Waals surface area contributed by atoms with Crippen LogP contribution in [0.15, 0.2) is 12.1 Å². The van der Waals surface area contributed by atoms with Gasteiger partial charge in [-0.05, 0) is 20.8 Å².